The normalized spacial score (nSPS) is 27.6. The van der Waals surface area contributed by atoms with Crippen LogP contribution >= 0.6 is 0 Å². The van der Waals surface area contributed by atoms with E-state index in [1.54, 1.807) is 0 Å². The van der Waals surface area contributed by atoms with E-state index in [4.69, 9.17) is 0 Å². The summed E-state index contributed by atoms with van der Waals surface area (Å²) in [7, 11) is 0. The molecular weight excluding hydrogens is 184 g/mol. The first-order valence-electron chi connectivity index (χ1n) is 6.66. The third kappa shape index (κ3) is 3.18. The lowest BCUT2D eigenvalue weighted by atomic mass is 10.0. The van der Waals surface area contributed by atoms with Crippen LogP contribution in [0.2, 0.25) is 0 Å². The fraction of sp³-hybridized carbons (Fsp3) is 1.00. The van der Waals surface area contributed by atoms with Gasteiger partial charge in [-0.05, 0) is 51.1 Å². The zero-order valence-corrected chi connectivity index (χ0v) is 10.4. The van der Waals surface area contributed by atoms with Gasteiger partial charge in [-0.15, -0.1) is 0 Å². The van der Waals surface area contributed by atoms with Crippen molar-refractivity contribution in [3.8, 4) is 0 Å². The average molecular weight is 210 g/mol. The number of likely N-dealkylation sites (tertiary alicyclic amines) is 1. The van der Waals surface area contributed by atoms with Crippen LogP contribution in [0.5, 0.6) is 0 Å². The first-order chi connectivity index (χ1) is 7.21. The highest BCUT2D eigenvalue weighted by molar-refractivity contribution is 4.96. The SMILES string of the molecule is CC(NCCN1CCCCC1)C1(C)CC1. The molecule has 2 fully saturated rings. The summed E-state index contributed by atoms with van der Waals surface area (Å²) in [4.78, 5) is 2.61. The van der Waals surface area contributed by atoms with Gasteiger partial charge in [0.2, 0.25) is 0 Å². The van der Waals surface area contributed by atoms with Crippen LogP contribution in [-0.2, 0) is 0 Å². The molecule has 1 N–H and O–H groups in total. The fourth-order valence-electron chi connectivity index (χ4n) is 2.50. The lowest BCUT2D eigenvalue weighted by molar-refractivity contribution is 0.222. The molecule has 1 saturated heterocycles. The number of nitrogens with zero attached hydrogens (tertiary/aromatic N) is 1. The van der Waals surface area contributed by atoms with Crippen LogP contribution < -0.4 is 5.32 Å². The summed E-state index contributed by atoms with van der Waals surface area (Å²) in [5, 5.41) is 3.69. The summed E-state index contributed by atoms with van der Waals surface area (Å²) in [6, 6.07) is 0.710. The minimum atomic E-state index is 0.627. The molecule has 1 saturated carbocycles. The zero-order chi connectivity index (χ0) is 10.7. The second-order valence-corrected chi connectivity index (χ2v) is 5.73. The molecule has 0 radical (unpaired) electrons. The first kappa shape index (κ1) is 11.4. The Morgan fingerprint density at radius 2 is 1.87 bits per heavy atom. The number of rotatable bonds is 5. The maximum Gasteiger partial charge on any atom is 0.0107 e. The molecular formula is C13H26N2. The molecule has 2 nitrogen and oxygen atoms in total. The second kappa shape index (κ2) is 4.84. The van der Waals surface area contributed by atoms with Crippen LogP contribution in [0.4, 0.5) is 0 Å². The molecule has 0 bridgehead atoms. The summed E-state index contributed by atoms with van der Waals surface area (Å²) in [5.41, 5.74) is 0.627. The summed E-state index contributed by atoms with van der Waals surface area (Å²) < 4.78 is 0. The standard InChI is InChI=1S/C13H26N2/c1-12(13(2)6-7-13)14-8-11-15-9-4-3-5-10-15/h12,14H,3-11H2,1-2H3. The molecule has 2 rings (SSSR count). The van der Waals surface area contributed by atoms with Crippen molar-refractivity contribution in [3.05, 3.63) is 0 Å². The molecule has 2 aliphatic rings. The van der Waals surface area contributed by atoms with Crippen molar-refractivity contribution >= 4 is 0 Å². The van der Waals surface area contributed by atoms with Crippen molar-refractivity contribution in [2.75, 3.05) is 26.2 Å². The van der Waals surface area contributed by atoms with Crippen molar-refractivity contribution in [2.45, 2.75) is 52.0 Å². The molecule has 0 aromatic rings. The molecule has 1 unspecified atom stereocenters. The Morgan fingerprint density at radius 3 is 2.47 bits per heavy atom. The molecule has 1 aliphatic heterocycles. The Morgan fingerprint density at radius 1 is 1.20 bits per heavy atom. The lowest BCUT2D eigenvalue weighted by Crippen LogP contribution is -2.40. The second-order valence-electron chi connectivity index (χ2n) is 5.73. The van der Waals surface area contributed by atoms with Gasteiger partial charge >= 0.3 is 0 Å². The molecule has 0 amide bonds. The van der Waals surface area contributed by atoms with E-state index in [1.807, 2.05) is 0 Å². The highest BCUT2D eigenvalue weighted by Gasteiger charge is 2.41. The Kier molecular flexibility index (Phi) is 3.68. The van der Waals surface area contributed by atoms with Crippen LogP contribution in [0.15, 0.2) is 0 Å². The predicted octanol–water partition coefficient (Wildman–Crippen LogP) is 2.25. The van der Waals surface area contributed by atoms with Gasteiger partial charge < -0.3 is 10.2 Å². The van der Waals surface area contributed by atoms with Crippen molar-refractivity contribution in [3.63, 3.8) is 0 Å². The quantitative estimate of drug-likeness (QED) is 0.749. The summed E-state index contributed by atoms with van der Waals surface area (Å²) in [6.45, 7) is 9.84. The van der Waals surface area contributed by atoms with E-state index >= 15 is 0 Å². The Balaban J connectivity index is 1.57. The maximum atomic E-state index is 3.69. The molecule has 1 heterocycles. The van der Waals surface area contributed by atoms with E-state index in [9.17, 15) is 0 Å². The van der Waals surface area contributed by atoms with Gasteiger partial charge in [-0.25, -0.2) is 0 Å². The molecule has 2 heteroatoms. The van der Waals surface area contributed by atoms with Crippen molar-refractivity contribution in [1.29, 1.82) is 0 Å². The third-order valence-electron chi connectivity index (χ3n) is 4.41. The van der Waals surface area contributed by atoms with Crippen molar-refractivity contribution in [2.24, 2.45) is 5.41 Å². The van der Waals surface area contributed by atoms with Gasteiger partial charge in [-0.1, -0.05) is 13.3 Å². The van der Waals surface area contributed by atoms with E-state index in [-0.39, 0.29) is 0 Å². The van der Waals surface area contributed by atoms with Gasteiger partial charge in [0, 0.05) is 19.1 Å². The molecule has 1 atom stereocenters. The van der Waals surface area contributed by atoms with Gasteiger partial charge in [-0.2, -0.15) is 0 Å². The van der Waals surface area contributed by atoms with Crippen molar-refractivity contribution < 1.29 is 0 Å². The molecule has 0 aromatic heterocycles. The van der Waals surface area contributed by atoms with E-state index in [1.165, 1.54) is 58.3 Å². The van der Waals surface area contributed by atoms with Crippen LogP contribution in [0.1, 0.15) is 46.0 Å². The van der Waals surface area contributed by atoms with Crippen molar-refractivity contribution in [1.82, 2.24) is 10.2 Å². The first-order valence-corrected chi connectivity index (χ1v) is 6.66. The topological polar surface area (TPSA) is 15.3 Å². The largest absolute Gasteiger partial charge is 0.312 e. The van der Waals surface area contributed by atoms with Crippen LogP contribution in [0, 0.1) is 5.41 Å². The Labute approximate surface area is 94.4 Å². The van der Waals surface area contributed by atoms with E-state index < -0.39 is 0 Å². The minimum absolute atomic E-state index is 0.627. The number of hydrogen-bond acceptors (Lipinski definition) is 2. The molecule has 0 spiro atoms. The van der Waals surface area contributed by atoms with Crippen LogP contribution in [-0.4, -0.2) is 37.1 Å². The zero-order valence-electron chi connectivity index (χ0n) is 10.4. The van der Waals surface area contributed by atoms with Crippen LogP contribution in [0.25, 0.3) is 0 Å². The number of piperidine rings is 1. The Hall–Kier alpha value is -0.0800. The van der Waals surface area contributed by atoms with E-state index in [2.05, 4.69) is 24.1 Å². The number of hydrogen-bond donors (Lipinski definition) is 1. The highest BCUT2D eigenvalue weighted by atomic mass is 15.1. The lowest BCUT2D eigenvalue weighted by Gasteiger charge is -2.28. The van der Waals surface area contributed by atoms with Crippen LogP contribution in [0.3, 0.4) is 0 Å². The molecule has 15 heavy (non-hydrogen) atoms. The van der Waals surface area contributed by atoms with Gasteiger partial charge in [0.15, 0.2) is 0 Å². The van der Waals surface area contributed by atoms with Gasteiger partial charge in [0.25, 0.3) is 0 Å². The highest BCUT2D eigenvalue weighted by Crippen LogP contribution is 2.47. The summed E-state index contributed by atoms with van der Waals surface area (Å²) >= 11 is 0. The average Bonchev–Trinajstić information content (AvgIpc) is 2.99. The van der Waals surface area contributed by atoms with E-state index in [0.29, 0.717) is 11.5 Å². The fourth-order valence-corrected chi connectivity index (χ4v) is 2.50. The van der Waals surface area contributed by atoms with Gasteiger partial charge in [0.05, 0.1) is 0 Å². The van der Waals surface area contributed by atoms with E-state index in [0.717, 1.165) is 0 Å². The maximum absolute atomic E-state index is 3.69. The van der Waals surface area contributed by atoms with Gasteiger partial charge in [-0.3, -0.25) is 0 Å². The molecule has 1 aliphatic carbocycles. The minimum Gasteiger partial charge on any atom is -0.312 e. The third-order valence-corrected chi connectivity index (χ3v) is 4.41. The molecule has 0 aromatic carbocycles. The summed E-state index contributed by atoms with van der Waals surface area (Å²) in [6.07, 6.45) is 7.11. The Bertz CT molecular complexity index is 193. The summed E-state index contributed by atoms with van der Waals surface area (Å²) in [5.74, 6) is 0. The number of nitrogens with one attached hydrogen (secondary N) is 1. The van der Waals surface area contributed by atoms with Gasteiger partial charge in [0.1, 0.15) is 0 Å². The monoisotopic (exact) mass is 210 g/mol. The predicted molar refractivity (Wildman–Crippen MR) is 65.1 cm³/mol. The smallest absolute Gasteiger partial charge is 0.0107 e. The molecule has 88 valence electrons.